The van der Waals surface area contributed by atoms with E-state index >= 15 is 0 Å². The molecule has 1 saturated heterocycles. The predicted molar refractivity (Wildman–Crippen MR) is 142 cm³/mol. The van der Waals surface area contributed by atoms with Crippen LogP contribution in [-0.2, 0) is 16.1 Å². The number of carbonyl (C=O) groups is 1. The van der Waals surface area contributed by atoms with E-state index in [2.05, 4.69) is 20.9 Å². The number of hydrogen-bond acceptors (Lipinski definition) is 5. The van der Waals surface area contributed by atoms with Crippen molar-refractivity contribution in [2.45, 2.75) is 13.5 Å². The quantitative estimate of drug-likeness (QED) is 0.215. The molecule has 0 N–H and O–H groups in total. The molecule has 1 aliphatic heterocycles. The van der Waals surface area contributed by atoms with Crippen LogP contribution in [0.4, 0.5) is 10.1 Å². The third-order valence-corrected chi connectivity index (χ3v) is 6.72. The normalized spacial score (nSPS) is 15.9. The molecule has 1 amide bonds. The molecule has 4 rings (SSSR count). The van der Waals surface area contributed by atoms with Crippen LogP contribution in [0, 0.1) is 5.82 Å². The van der Waals surface area contributed by atoms with Crippen LogP contribution < -0.4 is 4.74 Å². The van der Waals surface area contributed by atoms with Crippen LogP contribution in [0.2, 0.25) is 0 Å². The molecule has 3 aromatic carbocycles. The van der Waals surface area contributed by atoms with Crippen molar-refractivity contribution >= 4 is 50.5 Å². The number of thioether (sulfide) groups is 1. The summed E-state index contributed by atoms with van der Waals surface area (Å²) in [5.41, 5.74) is 2.51. The fourth-order valence-corrected chi connectivity index (χ4v) is 4.85. The second-order valence-electron chi connectivity index (χ2n) is 7.60. The number of carbonyl (C=O) groups excluding carboxylic acids is 1. The molecule has 0 atom stereocenters. The fraction of sp³-hybridized carbons (Fsp3) is 0.185. The van der Waals surface area contributed by atoms with Crippen molar-refractivity contribution in [1.29, 1.82) is 0 Å². The van der Waals surface area contributed by atoms with Crippen molar-refractivity contribution in [3.05, 3.63) is 99.1 Å². The maximum atomic E-state index is 13.2. The smallest absolute Gasteiger partial charge is 0.266 e. The molecule has 0 unspecified atom stereocenters. The number of halogens is 2. The van der Waals surface area contributed by atoms with Gasteiger partial charge >= 0.3 is 0 Å². The summed E-state index contributed by atoms with van der Waals surface area (Å²) >= 11 is 4.90. The Morgan fingerprint density at radius 3 is 2.57 bits per heavy atom. The molecule has 1 fully saturated rings. The molecule has 1 heterocycles. The number of amidine groups is 1. The zero-order valence-corrected chi connectivity index (χ0v) is 21.5. The van der Waals surface area contributed by atoms with Gasteiger partial charge < -0.3 is 9.47 Å². The number of amides is 1. The molecule has 0 aliphatic carbocycles. The number of hydrogen-bond donors (Lipinski definition) is 0. The van der Waals surface area contributed by atoms with Gasteiger partial charge in [0.15, 0.2) is 5.17 Å². The lowest BCUT2D eigenvalue weighted by Gasteiger charge is -2.15. The van der Waals surface area contributed by atoms with E-state index in [1.54, 1.807) is 17.0 Å². The van der Waals surface area contributed by atoms with Gasteiger partial charge in [0.2, 0.25) is 0 Å². The predicted octanol–water partition coefficient (Wildman–Crippen LogP) is 6.81. The van der Waals surface area contributed by atoms with Crippen molar-refractivity contribution in [1.82, 2.24) is 4.90 Å². The van der Waals surface area contributed by atoms with E-state index < -0.39 is 0 Å². The Bertz CT molecular complexity index is 1230. The first-order chi connectivity index (χ1) is 17.0. The average molecular weight is 555 g/mol. The van der Waals surface area contributed by atoms with E-state index in [1.807, 2.05) is 61.5 Å². The first kappa shape index (κ1) is 25.2. The highest BCUT2D eigenvalue weighted by molar-refractivity contribution is 9.10. The Hall–Kier alpha value is -2.94. The Morgan fingerprint density at radius 1 is 1.09 bits per heavy atom. The van der Waals surface area contributed by atoms with Crippen molar-refractivity contribution in [3.8, 4) is 5.75 Å². The fourth-order valence-electron chi connectivity index (χ4n) is 3.32. The second-order valence-corrected chi connectivity index (χ2v) is 9.46. The summed E-state index contributed by atoms with van der Waals surface area (Å²) in [6, 6.07) is 21.4. The largest absolute Gasteiger partial charge is 0.488 e. The van der Waals surface area contributed by atoms with Gasteiger partial charge in [0, 0.05) is 6.61 Å². The molecule has 180 valence electrons. The molecule has 3 aromatic rings. The van der Waals surface area contributed by atoms with E-state index in [4.69, 9.17) is 9.47 Å². The first-order valence-corrected chi connectivity index (χ1v) is 12.7. The summed E-state index contributed by atoms with van der Waals surface area (Å²) in [4.78, 5) is 20.1. The number of nitrogens with zero attached hydrogens (tertiary/aromatic N) is 2. The van der Waals surface area contributed by atoms with Crippen molar-refractivity contribution in [2.24, 2.45) is 4.99 Å². The lowest BCUT2D eigenvalue weighted by Crippen LogP contribution is -2.32. The van der Waals surface area contributed by atoms with Gasteiger partial charge in [-0.3, -0.25) is 9.69 Å². The van der Waals surface area contributed by atoms with Gasteiger partial charge in [0.1, 0.15) is 18.2 Å². The molecule has 0 aromatic heterocycles. The molecule has 0 saturated carbocycles. The minimum absolute atomic E-state index is 0.0999. The van der Waals surface area contributed by atoms with E-state index in [0.717, 1.165) is 21.3 Å². The minimum Gasteiger partial charge on any atom is -0.488 e. The molecule has 35 heavy (non-hydrogen) atoms. The molecule has 5 nitrogen and oxygen atoms in total. The molecular formula is C27H24BrFN2O3S. The van der Waals surface area contributed by atoms with Gasteiger partial charge in [-0.15, -0.1) is 0 Å². The van der Waals surface area contributed by atoms with Crippen LogP contribution in [0.1, 0.15) is 18.1 Å². The minimum atomic E-state index is -0.278. The molecule has 1 aliphatic rings. The van der Waals surface area contributed by atoms with Crippen LogP contribution >= 0.6 is 27.7 Å². The molecule has 0 radical (unpaired) electrons. The van der Waals surface area contributed by atoms with E-state index in [-0.39, 0.29) is 11.7 Å². The van der Waals surface area contributed by atoms with Crippen LogP contribution in [0.3, 0.4) is 0 Å². The zero-order valence-electron chi connectivity index (χ0n) is 19.1. The Labute approximate surface area is 216 Å². The summed E-state index contributed by atoms with van der Waals surface area (Å²) in [7, 11) is 0. The highest BCUT2D eigenvalue weighted by atomic mass is 79.9. The Balaban J connectivity index is 1.51. The number of rotatable bonds is 9. The van der Waals surface area contributed by atoms with Crippen LogP contribution in [0.5, 0.6) is 5.75 Å². The van der Waals surface area contributed by atoms with Gasteiger partial charge in [-0.05, 0) is 88.2 Å². The van der Waals surface area contributed by atoms with Gasteiger partial charge in [0.05, 0.1) is 28.2 Å². The highest BCUT2D eigenvalue weighted by Crippen LogP contribution is 2.35. The molecule has 8 heteroatoms. The Morgan fingerprint density at radius 2 is 1.86 bits per heavy atom. The third-order valence-electron chi connectivity index (χ3n) is 5.09. The SMILES string of the molecule is CCOCCN1C(=O)/C(=C/c2ccc(OCc3ccc(F)cc3)c(Br)c2)SC1=Nc1ccccc1. The summed E-state index contributed by atoms with van der Waals surface area (Å²) < 4.78 is 25.2. The summed E-state index contributed by atoms with van der Waals surface area (Å²) in [6.07, 6.45) is 1.85. The lowest BCUT2D eigenvalue weighted by atomic mass is 10.2. The lowest BCUT2D eigenvalue weighted by molar-refractivity contribution is -0.122. The van der Waals surface area contributed by atoms with E-state index in [1.165, 1.54) is 23.9 Å². The maximum Gasteiger partial charge on any atom is 0.266 e. The van der Waals surface area contributed by atoms with Crippen molar-refractivity contribution in [2.75, 3.05) is 19.8 Å². The van der Waals surface area contributed by atoms with Gasteiger partial charge in [0.25, 0.3) is 5.91 Å². The van der Waals surface area contributed by atoms with Gasteiger partial charge in [-0.25, -0.2) is 9.38 Å². The third kappa shape index (κ3) is 6.81. The number of ether oxygens (including phenoxy) is 2. The monoisotopic (exact) mass is 554 g/mol. The average Bonchev–Trinajstić information content (AvgIpc) is 3.14. The molecule has 0 bridgehead atoms. The van der Waals surface area contributed by atoms with E-state index in [9.17, 15) is 9.18 Å². The maximum absolute atomic E-state index is 13.2. The summed E-state index contributed by atoms with van der Waals surface area (Å²) in [5, 5.41) is 0.630. The van der Waals surface area contributed by atoms with Crippen LogP contribution in [0.15, 0.2) is 87.2 Å². The number of benzene rings is 3. The van der Waals surface area contributed by atoms with Gasteiger partial charge in [-0.2, -0.15) is 0 Å². The zero-order chi connectivity index (χ0) is 24.6. The summed E-state index contributed by atoms with van der Waals surface area (Å²) in [6.45, 7) is 3.71. The van der Waals surface area contributed by atoms with Crippen LogP contribution in [-0.4, -0.2) is 35.7 Å². The molecular weight excluding hydrogens is 531 g/mol. The number of para-hydroxylation sites is 1. The van der Waals surface area contributed by atoms with Crippen LogP contribution in [0.25, 0.3) is 6.08 Å². The highest BCUT2D eigenvalue weighted by Gasteiger charge is 2.33. The topological polar surface area (TPSA) is 51.1 Å². The Kier molecular flexibility index (Phi) is 8.74. The van der Waals surface area contributed by atoms with Crippen molar-refractivity contribution in [3.63, 3.8) is 0 Å². The standard InChI is InChI=1S/C27H24BrFN2O3S/c1-2-33-15-14-31-26(32)25(35-27(31)30-22-6-4-3-5-7-22)17-20-10-13-24(23(28)16-20)34-18-19-8-11-21(29)12-9-19/h3-13,16-17H,2,14-15,18H2,1H3/b25-17-,30-27?. The molecule has 0 spiro atoms. The van der Waals surface area contributed by atoms with Crippen molar-refractivity contribution < 1.29 is 18.7 Å². The van der Waals surface area contributed by atoms with E-state index in [0.29, 0.717) is 42.2 Å². The first-order valence-electron chi connectivity index (χ1n) is 11.1. The van der Waals surface area contributed by atoms with Gasteiger partial charge in [-0.1, -0.05) is 36.4 Å². The number of aliphatic imine (C=N–C) groups is 1. The summed E-state index contributed by atoms with van der Waals surface area (Å²) in [5.74, 6) is 0.281. The second kappa shape index (κ2) is 12.2.